The molecule has 0 aromatic carbocycles. The summed E-state index contributed by atoms with van der Waals surface area (Å²) in [5.41, 5.74) is 0. The summed E-state index contributed by atoms with van der Waals surface area (Å²) in [6.07, 6.45) is 7.92. The van der Waals surface area contributed by atoms with E-state index in [1.54, 1.807) is 0 Å². The maximum atomic E-state index is 11.9. The zero-order valence-corrected chi connectivity index (χ0v) is 11.3. The molecule has 0 aromatic heterocycles. The summed E-state index contributed by atoms with van der Waals surface area (Å²) in [6, 6.07) is 0.585. The Bertz CT molecular complexity index is 241. The van der Waals surface area contributed by atoms with Gasteiger partial charge in [0.05, 0.1) is 6.10 Å². The lowest BCUT2D eigenvalue weighted by atomic mass is 9.87. The molecule has 0 spiro atoms. The maximum Gasteiger partial charge on any atom is 0.315 e. The third-order valence-corrected chi connectivity index (χ3v) is 4.38. The van der Waals surface area contributed by atoms with Crippen molar-refractivity contribution in [1.82, 2.24) is 10.6 Å². The van der Waals surface area contributed by atoms with Crippen molar-refractivity contribution >= 4 is 6.03 Å². The van der Waals surface area contributed by atoms with Crippen LogP contribution in [0.2, 0.25) is 0 Å². The van der Waals surface area contributed by atoms with Crippen LogP contribution >= 0.6 is 0 Å². The van der Waals surface area contributed by atoms with Gasteiger partial charge >= 0.3 is 6.03 Å². The fourth-order valence-corrected chi connectivity index (χ4v) is 3.04. The van der Waals surface area contributed by atoms with E-state index in [-0.39, 0.29) is 18.2 Å². The molecule has 0 aliphatic heterocycles. The van der Waals surface area contributed by atoms with E-state index in [4.69, 9.17) is 0 Å². The molecule has 0 aromatic rings. The minimum atomic E-state index is -0.161. The first-order valence-corrected chi connectivity index (χ1v) is 7.38. The van der Waals surface area contributed by atoms with Crippen molar-refractivity contribution in [2.75, 3.05) is 0 Å². The van der Waals surface area contributed by atoms with Crippen LogP contribution in [0.5, 0.6) is 0 Å². The Morgan fingerprint density at radius 3 is 1.83 bits per heavy atom. The summed E-state index contributed by atoms with van der Waals surface area (Å²) < 4.78 is 0. The lowest BCUT2D eigenvalue weighted by molar-refractivity contribution is 0.117. The topological polar surface area (TPSA) is 61.4 Å². The molecule has 4 nitrogen and oxygen atoms in total. The van der Waals surface area contributed by atoms with E-state index in [1.807, 2.05) is 0 Å². The zero-order valence-electron chi connectivity index (χ0n) is 11.3. The first-order valence-electron chi connectivity index (χ1n) is 7.38. The third-order valence-electron chi connectivity index (χ3n) is 4.38. The Kier molecular flexibility index (Phi) is 4.87. The molecule has 0 unspecified atom stereocenters. The van der Waals surface area contributed by atoms with Crippen molar-refractivity contribution in [3.05, 3.63) is 0 Å². The zero-order chi connectivity index (χ0) is 13.0. The van der Waals surface area contributed by atoms with Crippen LogP contribution in [0.4, 0.5) is 4.79 Å². The Labute approximate surface area is 110 Å². The van der Waals surface area contributed by atoms with Gasteiger partial charge in [-0.3, -0.25) is 0 Å². The largest absolute Gasteiger partial charge is 0.393 e. The average Bonchev–Trinajstić information content (AvgIpc) is 2.35. The Morgan fingerprint density at radius 1 is 0.889 bits per heavy atom. The lowest BCUT2D eigenvalue weighted by Crippen LogP contribution is -2.48. The lowest BCUT2D eigenvalue weighted by Gasteiger charge is -2.29. The van der Waals surface area contributed by atoms with Crippen LogP contribution in [-0.4, -0.2) is 29.3 Å². The first kappa shape index (κ1) is 13.7. The summed E-state index contributed by atoms with van der Waals surface area (Å²) >= 11 is 0. The molecule has 2 amide bonds. The molecule has 2 aliphatic carbocycles. The van der Waals surface area contributed by atoms with Crippen molar-refractivity contribution in [3.63, 3.8) is 0 Å². The van der Waals surface area contributed by atoms with Crippen molar-refractivity contribution in [2.24, 2.45) is 5.92 Å². The molecule has 4 heteroatoms. The molecule has 0 radical (unpaired) electrons. The van der Waals surface area contributed by atoms with Crippen molar-refractivity contribution < 1.29 is 9.90 Å². The number of amides is 2. The number of aliphatic hydroxyl groups is 1. The van der Waals surface area contributed by atoms with Crippen molar-refractivity contribution in [3.8, 4) is 0 Å². The van der Waals surface area contributed by atoms with E-state index in [0.29, 0.717) is 6.04 Å². The molecule has 3 N–H and O–H groups in total. The fourth-order valence-electron chi connectivity index (χ4n) is 3.04. The highest BCUT2D eigenvalue weighted by Crippen LogP contribution is 2.23. The fraction of sp³-hybridized carbons (Fsp3) is 0.929. The summed E-state index contributed by atoms with van der Waals surface area (Å²) in [5, 5.41) is 15.5. The summed E-state index contributed by atoms with van der Waals surface area (Å²) in [6.45, 7) is 2.28. The molecule has 104 valence electrons. The highest BCUT2D eigenvalue weighted by Gasteiger charge is 2.23. The smallest absolute Gasteiger partial charge is 0.315 e. The van der Waals surface area contributed by atoms with Gasteiger partial charge in [0.15, 0.2) is 0 Å². The molecule has 2 rings (SSSR count). The Morgan fingerprint density at radius 2 is 1.33 bits per heavy atom. The quantitative estimate of drug-likeness (QED) is 0.707. The van der Waals surface area contributed by atoms with E-state index in [9.17, 15) is 9.90 Å². The van der Waals surface area contributed by atoms with Crippen LogP contribution in [0, 0.1) is 5.92 Å². The standard InChI is InChI=1S/C14H26N2O2/c1-10-2-4-11(5-3-10)15-14(18)16-12-6-8-13(17)9-7-12/h10-13,17H,2-9H2,1H3,(H2,15,16,18). The molecule has 18 heavy (non-hydrogen) atoms. The van der Waals surface area contributed by atoms with Gasteiger partial charge in [-0.25, -0.2) is 4.79 Å². The normalized spacial score (nSPS) is 37.0. The molecule has 2 aliphatic rings. The SMILES string of the molecule is CC1CCC(NC(=O)NC2CCC(O)CC2)CC1. The molecule has 0 bridgehead atoms. The number of carbonyl (C=O) groups is 1. The van der Waals surface area contributed by atoms with Crippen LogP contribution in [0.3, 0.4) is 0 Å². The van der Waals surface area contributed by atoms with Gasteiger partial charge in [-0.05, 0) is 57.3 Å². The third kappa shape index (κ3) is 4.16. The van der Waals surface area contributed by atoms with Crippen molar-refractivity contribution in [2.45, 2.75) is 76.5 Å². The monoisotopic (exact) mass is 254 g/mol. The predicted molar refractivity (Wildman–Crippen MR) is 71.4 cm³/mol. The molecule has 0 heterocycles. The first-order chi connectivity index (χ1) is 8.63. The molecular weight excluding hydrogens is 228 g/mol. The van der Waals surface area contributed by atoms with E-state index >= 15 is 0 Å². The van der Waals surface area contributed by atoms with E-state index in [1.165, 1.54) is 12.8 Å². The summed E-state index contributed by atoms with van der Waals surface area (Å²) in [4.78, 5) is 11.9. The number of aliphatic hydroxyl groups excluding tert-OH is 1. The second-order valence-electron chi connectivity index (χ2n) is 6.08. The van der Waals surface area contributed by atoms with Crippen LogP contribution in [0.15, 0.2) is 0 Å². The van der Waals surface area contributed by atoms with Gasteiger partial charge in [-0.15, -0.1) is 0 Å². The highest BCUT2D eigenvalue weighted by atomic mass is 16.3. The Hall–Kier alpha value is -0.770. The van der Waals surface area contributed by atoms with Crippen LogP contribution in [0.25, 0.3) is 0 Å². The van der Waals surface area contributed by atoms with Gasteiger partial charge in [0, 0.05) is 12.1 Å². The van der Waals surface area contributed by atoms with Gasteiger partial charge in [-0.2, -0.15) is 0 Å². The Balaban J connectivity index is 1.66. The van der Waals surface area contributed by atoms with E-state index < -0.39 is 0 Å². The minimum absolute atomic E-state index is 0.0176. The number of urea groups is 1. The predicted octanol–water partition coefficient (Wildman–Crippen LogP) is 2.17. The molecule has 2 fully saturated rings. The number of rotatable bonds is 2. The van der Waals surface area contributed by atoms with E-state index in [0.717, 1.165) is 44.4 Å². The number of carbonyl (C=O) groups excluding carboxylic acids is 1. The van der Waals surface area contributed by atoms with Crippen LogP contribution in [0.1, 0.15) is 58.3 Å². The van der Waals surface area contributed by atoms with Gasteiger partial charge in [0.1, 0.15) is 0 Å². The molecule has 2 saturated carbocycles. The summed E-state index contributed by atoms with van der Waals surface area (Å²) in [7, 11) is 0. The highest BCUT2D eigenvalue weighted by molar-refractivity contribution is 5.74. The second kappa shape index (κ2) is 6.41. The van der Waals surface area contributed by atoms with Crippen LogP contribution < -0.4 is 10.6 Å². The average molecular weight is 254 g/mol. The number of hydrogen-bond donors (Lipinski definition) is 3. The number of hydrogen-bond acceptors (Lipinski definition) is 2. The van der Waals surface area contributed by atoms with Gasteiger partial charge in [-0.1, -0.05) is 6.92 Å². The van der Waals surface area contributed by atoms with Gasteiger partial charge < -0.3 is 15.7 Å². The van der Waals surface area contributed by atoms with E-state index in [2.05, 4.69) is 17.6 Å². The molecule has 0 saturated heterocycles. The van der Waals surface area contributed by atoms with Crippen LogP contribution in [-0.2, 0) is 0 Å². The van der Waals surface area contributed by atoms with Crippen molar-refractivity contribution in [1.29, 1.82) is 0 Å². The van der Waals surface area contributed by atoms with Gasteiger partial charge in [0.2, 0.25) is 0 Å². The summed E-state index contributed by atoms with van der Waals surface area (Å²) in [5.74, 6) is 0.811. The maximum absolute atomic E-state index is 11.9. The molecule has 0 atom stereocenters. The molecular formula is C14H26N2O2. The second-order valence-corrected chi connectivity index (χ2v) is 6.08. The number of nitrogens with one attached hydrogen (secondary N) is 2. The minimum Gasteiger partial charge on any atom is -0.393 e. The van der Waals surface area contributed by atoms with Gasteiger partial charge in [0.25, 0.3) is 0 Å².